The zero-order valence-corrected chi connectivity index (χ0v) is 24.7. The van der Waals surface area contributed by atoms with Crippen LogP contribution in [0.25, 0.3) is 11.0 Å². The molecule has 2 heterocycles. The summed E-state index contributed by atoms with van der Waals surface area (Å²) in [4.78, 5) is 46.9. The van der Waals surface area contributed by atoms with Gasteiger partial charge in [-0.25, -0.2) is 4.98 Å². The number of anilines is 2. The van der Waals surface area contributed by atoms with Crippen molar-refractivity contribution < 1.29 is 49.0 Å². The first-order valence-electron chi connectivity index (χ1n) is 13.1. The predicted octanol–water partition coefficient (Wildman–Crippen LogP) is 0.441. The van der Waals surface area contributed by atoms with Crippen molar-refractivity contribution in [2.24, 2.45) is 0 Å². The second-order valence-electron chi connectivity index (χ2n) is 9.70. The van der Waals surface area contributed by atoms with Crippen LogP contribution in [-0.2, 0) is 4.79 Å². The largest absolute Gasteiger partial charge is 1.00 e. The molecular formula is C30H30N5NaO4. The number of aliphatic carboxylic acids is 1. The molecule has 3 aromatic carbocycles. The van der Waals surface area contributed by atoms with Gasteiger partial charge in [-0.15, -0.1) is 0 Å². The Morgan fingerprint density at radius 2 is 1.73 bits per heavy atom. The Bertz CT molecular complexity index is 1500. The fourth-order valence-electron chi connectivity index (χ4n) is 5.08. The van der Waals surface area contributed by atoms with Crippen molar-refractivity contribution in [3.63, 3.8) is 0 Å². The number of carboxylic acids is 1. The van der Waals surface area contributed by atoms with E-state index < -0.39 is 11.9 Å². The van der Waals surface area contributed by atoms with Crippen molar-refractivity contribution in [1.29, 1.82) is 0 Å². The van der Waals surface area contributed by atoms with Gasteiger partial charge in [0.2, 0.25) is 5.95 Å². The Morgan fingerprint density at radius 3 is 2.52 bits per heavy atom. The van der Waals surface area contributed by atoms with E-state index >= 15 is 0 Å². The van der Waals surface area contributed by atoms with E-state index in [1.54, 1.807) is 49.5 Å². The maximum absolute atomic E-state index is 13.2. The molecule has 3 N–H and O–H groups in total. The van der Waals surface area contributed by atoms with Gasteiger partial charge in [0.25, 0.3) is 11.8 Å². The normalized spacial score (nSPS) is 14.1. The number of carbonyl (C=O) groups is 3. The molecule has 0 fully saturated rings. The van der Waals surface area contributed by atoms with Crippen LogP contribution in [0.4, 0.5) is 11.6 Å². The monoisotopic (exact) mass is 547 g/mol. The van der Waals surface area contributed by atoms with Gasteiger partial charge in [0.05, 0.1) is 11.0 Å². The quantitative estimate of drug-likeness (QED) is 0.195. The van der Waals surface area contributed by atoms with Crippen molar-refractivity contribution in [3.8, 4) is 0 Å². The second kappa shape index (κ2) is 13.1. The number of carbonyl (C=O) groups excluding carboxylic acids is 3. The molecule has 0 bridgehead atoms. The summed E-state index contributed by atoms with van der Waals surface area (Å²) < 4.78 is 0. The van der Waals surface area contributed by atoms with Crippen LogP contribution in [0.1, 0.15) is 63.4 Å². The molecule has 0 saturated heterocycles. The number of benzene rings is 3. The summed E-state index contributed by atoms with van der Waals surface area (Å²) >= 11 is 0. The second-order valence-corrected chi connectivity index (χ2v) is 9.70. The third kappa shape index (κ3) is 6.38. The summed E-state index contributed by atoms with van der Waals surface area (Å²) in [6, 6.07) is 20.0. The number of H-pyrrole nitrogens is 1. The molecule has 2 amide bonds. The smallest absolute Gasteiger partial charge is 0.550 e. The third-order valence-electron chi connectivity index (χ3n) is 7.09. The first-order chi connectivity index (χ1) is 18.9. The maximum atomic E-state index is 13.2. The summed E-state index contributed by atoms with van der Waals surface area (Å²) in [5.74, 6) is -1.49. The molecule has 1 aliphatic rings. The zero-order chi connectivity index (χ0) is 27.4. The summed E-state index contributed by atoms with van der Waals surface area (Å²) in [6.45, 7) is 1.29. The van der Waals surface area contributed by atoms with Crippen LogP contribution in [0.2, 0.25) is 0 Å². The minimum atomic E-state index is -1.20. The Balaban J connectivity index is 0.00000370. The number of hydrogen-bond acceptors (Lipinski definition) is 6. The Labute approximate surface area is 254 Å². The maximum Gasteiger partial charge on any atom is 1.00 e. The average molecular weight is 548 g/mol. The number of aromatic amines is 1. The molecule has 0 radical (unpaired) electrons. The molecule has 0 saturated carbocycles. The third-order valence-corrected chi connectivity index (χ3v) is 7.09. The molecule has 9 nitrogen and oxygen atoms in total. The number of para-hydroxylation sites is 2. The summed E-state index contributed by atoms with van der Waals surface area (Å²) in [6.07, 6.45) is 2.42. The number of hydrogen-bond donors (Lipinski definition) is 3. The summed E-state index contributed by atoms with van der Waals surface area (Å²) in [5, 5.41) is 17.8. The molecule has 1 atom stereocenters. The zero-order valence-electron chi connectivity index (χ0n) is 22.7. The molecule has 1 aromatic heterocycles. The number of amides is 2. The van der Waals surface area contributed by atoms with Gasteiger partial charge in [-0.1, -0.05) is 36.4 Å². The van der Waals surface area contributed by atoms with Crippen molar-refractivity contribution in [1.82, 2.24) is 15.3 Å². The van der Waals surface area contributed by atoms with Crippen LogP contribution in [0.3, 0.4) is 0 Å². The van der Waals surface area contributed by atoms with E-state index in [-0.39, 0.29) is 47.8 Å². The first-order valence-corrected chi connectivity index (χ1v) is 13.1. The number of imidazole rings is 1. The minimum Gasteiger partial charge on any atom is -0.550 e. The van der Waals surface area contributed by atoms with Crippen LogP contribution in [-0.4, -0.2) is 47.9 Å². The molecule has 200 valence electrons. The number of nitrogens with one attached hydrogen (secondary N) is 3. The van der Waals surface area contributed by atoms with Gasteiger partial charge in [0.1, 0.15) is 0 Å². The minimum absolute atomic E-state index is 0. The van der Waals surface area contributed by atoms with Gasteiger partial charge >= 0.3 is 29.6 Å². The van der Waals surface area contributed by atoms with Crippen LogP contribution >= 0.6 is 0 Å². The Kier molecular flexibility index (Phi) is 9.63. The molecule has 1 aliphatic heterocycles. The molecule has 4 aromatic rings. The van der Waals surface area contributed by atoms with Crippen LogP contribution < -0.4 is 50.2 Å². The summed E-state index contributed by atoms with van der Waals surface area (Å²) in [7, 11) is 1.64. The number of rotatable bonds is 10. The van der Waals surface area contributed by atoms with Crippen molar-refractivity contribution in [2.75, 3.05) is 30.4 Å². The molecule has 40 heavy (non-hydrogen) atoms. The number of nitrogens with zero attached hydrogens (tertiary/aromatic N) is 2. The molecule has 0 aliphatic carbocycles. The SMILES string of the molecule is CN1C(=O)c2ccccc2C(CC(=O)[O-])c2ccc(C(=O)NCCCCCNc3nc4ccccc4[nH]3)cc21.[Na+]. The van der Waals surface area contributed by atoms with E-state index in [0.717, 1.165) is 42.8 Å². The number of unbranched alkanes of at least 4 members (excludes halogenated alkanes) is 2. The number of aromatic nitrogens is 2. The summed E-state index contributed by atoms with van der Waals surface area (Å²) in [5.41, 5.74) is 4.62. The van der Waals surface area contributed by atoms with Crippen molar-refractivity contribution >= 4 is 40.5 Å². The van der Waals surface area contributed by atoms with Gasteiger partial charge < -0.3 is 30.4 Å². The number of carboxylic acid groups (broad SMARTS) is 1. The fraction of sp³-hybridized carbons (Fsp3) is 0.267. The average Bonchev–Trinajstić information content (AvgIpc) is 3.34. The van der Waals surface area contributed by atoms with Gasteiger partial charge in [-0.2, -0.15) is 0 Å². The molecular weight excluding hydrogens is 517 g/mol. The molecule has 10 heteroatoms. The van der Waals surface area contributed by atoms with Crippen LogP contribution in [0.15, 0.2) is 66.7 Å². The van der Waals surface area contributed by atoms with E-state index in [1.807, 2.05) is 24.3 Å². The molecule has 1 unspecified atom stereocenters. The van der Waals surface area contributed by atoms with E-state index in [9.17, 15) is 19.5 Å². The van der Waals surface area contributed by atoms with E-state index in [0.29, 0.717) is 34.5 Å². The first kappa shape index (κ1) is 29.3. The van der Waals surface area contributed by atoms with Crippen LogP contribution in [0.5, 0.6) is 0 Å². The standard InChI is InChI=1S/C30H31N5O4.Na/c1-35-26-17-19(13-14-21(26)23(18-27(36)37)20-9-3-4-10-22(20)29(35)39)28(38)31-15-7-2-8-16-32-30-33-24-11-5-6-12-25(24)34-30;/h3-6,9-14,17,23H,2,7-8,15-16,18H2,1H3,(H,31,38)(H,36,37)(H2,32,33,34);/q;+1/p-1. The van der Waals surface area contributed by atoms with E-state index in [1.165, 1.54) is 4.90 Å². The van der Waals surface area contributed by atoms with Crippen LogP contribution in [0, 0.1) is 0 Å². The van der Waals surface area contributed by atoms with Crippen molar-refractivity contribution in [3.05, 3.63) is 89.0 Å². The van der Waals surface area contributed by atoms with Gasteiger partial charge in [-0.05, 0) is 67.1 Å². The van der Waals surface area contributed by atoms with E-state index in [4.69, 9.17) is 0 Å². The number of fused-ring (bicyclic) bond motifs is 3. The molecule has 0 spiro atoms. The topological polar surface area (TPSA) is 130 Å². The van der Waals surface area contributed by atoms with Gasteiger partial charge in [-0.3, -0.25) is 9.59 Å². The van der Waals surface area contributed by atoms with E-state index in [2.05, 4.69) is 20.6 Å². The fourth-order valence-corrected chi connectivity index (χ4v) is 5.08. The molecule has 5 rings (SSSR count). The van der Waals surface area contributed by atoms with Crippen molar-refractivity contribution in [2.45, 2.75) is 31.6 Å². The Morgan fingerprint density at radius 1 is 0.975 bits per heavy atom. The van der Waals surface area contributed by atoms with Gasteiger partial charge in [0, 0.05) is 48.8 Å². The van der Waals surface area contributed by atoms with Gasteiger partial charge in [0.15, 0.2) is 0 Å². The predicted molar refractivity (Wildman–Crippen MR) is 148 cm³/mol. The Hall–Kier alpha value is -3.66.